The van der Waals surface area contributed by atoms with Crippen LogP contribution in [0.15, 0.2) is 18.2 Å². The van der Waals surface area contributed by atoms with Gasteiger partial charge in [-0.15, -0.1) is 0 Å². The Labute approximate surface area is 236 Å². The summed E-state index contributed by atoms with van der Waals surface area (Å²) < 4.78 is 26.1. The maximum Gasteiger partial charge on any atom is 0.513 e. The second kappa shape index (κ2) is 18.1. The molecule has 11 nitrogen and oxygen atoms in total. The van der Waals surface area contributed by atoms with Gasteiger partial charge in [-0.3, -0.25) is 9.59 Å². The quantitative estimate of drug-likeness (QED) is 0.0956. The Kier molecular flexibility index (Phi) is 15.7. The molecule has 0 amide bonds. The fourth-order valence-corrected chi connectivity index (χ4v) is 3.84. The van der Waals surface area contributed by atoms with Crippen molar-refractivity contribution in [2.24, 2.45) is 11.7 Å². The highest BCUT2D eigenvalue weighted by atomic mass is 16.7. The first-order valence-corrected chi connectivity index (χ1v) is 13.9. The summed E-state index contributed by atoms with van der Waals surface area (Å²) in [7, 11) is 0. The number of carboxylic acids is 1. The van der Waals surface area contributed by atoms with Crippen LogP contribution in [0, 0.1) is 5.92 Å². The smallest absolute Gasteiger partial charge is 0.480 e. The lowest BCUT2D eigenvalue weighted by Gasteiger charge is -2.28. The van der Waals surface area contributed by atoms with Crippen LogP contribution in [0.1, 0.15) is 91.5 Å². The highest BCUT2D eigenvalue weighted by Gasteiger charge is 2.37. The molecule has 0 aliphatic heterocycles. The topological polar surface area (TPSA) is 161 Å². The monoisotopic (exact) mass is 567 g/mol. The number of carbonyl (C=O) groups is 4. The molecule has 1 aromatic carbocycles. The molecule has 226 valence electrons. The van der Waals surface area contributed by atoms with Gasteiger partial charge in [0.05, 0.1) is 13.2 Å². The van der Waals surface area contributed by atoms with Crippen molar-refractivity contribution in [1.82, 2.24) is 0 Å². The number of unbranched alkanes of at least 4 members (excludes halogenated alkanes) is 4. The lowest BCUT2D eigenvalue weighted by atomic mass is 9.86. The van der Waals surface area contributed by atoms with E-state index in [1.807, 2.05) is 27.7 Å². The van der Waals surface area contributed by atoms with Gasteiger partial charge in [0.1, 0.15) is 11.6 Å². The van der Waals surface area contributed by atoms with Gasteiger partial charge in [0.25, 0.3) is 0 Å². The van der Waals surface area contributed by atoms with Crippen LogP contribution >= 0.6 is 0 Å². The molecule has 0 heterocycles. The molecular weight excluding hydrogens is 522 g/mol. The fraction of sp³-hybridized carbons (Fsp3) is 0.655. The average Bonchev–Trinajstić information content (AvgIpc) is 2.85. The van der Waals surface area contributed by atoms with Gasteiger partial charge >= 0.3 is 24.2 Å². The van der Waals surface area contributed by atoms with E-state index in [-0.39, 0.29) is 49.9 Å². The van der Waals surface area contributed by atoms with E-state index >= 15 is 0 Å². The number of rotatable bonds is 18. The Balaban J connectivity index is 3.09. The lowest BCUT2D eigenvalue weighted by molar-refractivity contribution is -0.154. The minimum atomic E-state index is -1.81. The van der Waals surface area contributed by atoms with Crippen molar-refractivity contribution in [3.63, 3.8) is 0 Å². The van der Waals surface area contributed by atoms with Crippen molar-refractivity contribution in [3.8, 4) is 11.5 Å². The van der Waals surface area contributed by atoms with Crippen molar-refractivity contribution in [3.05, 3.63) is 23.8 Å². The summed E-state index contributed by atoms with van der Waals surface area (Å²) in [6.07, 6.45) is 2.11. The van der Waals surface area contributed by atoms with E-state index < -0.39 is 35.9 Å². The molecule has 40 heavy (non-hydrogen) atoms. The molecular formula is C29H45NO10. The molecule has 0 aromatic heterocycles. The Morgan fingerprint density at radius 2 is 1.43 bits per heavy atom. The molecule has 1 unspecified atom stereocenters. The molecule has 0 saturated carbocycles. The van der Waals surface area contributed by atoms with Gasteiger partial charge in [-0.05, 0) is 43.4 Å². The third-order valence-electron chi connectivity index (χ3n) is 5.84. The largest absolute Gasteiger partial charge is 0.513 e. The number of hydrogen-bond donors (Lipinski definition) is 2. The van der Waals surface area contributed by atoms with Gasteiger partial charge in [-0.25, -0.2) is 9.59 Å². The van der Waals surface area contributed by atoms with Crippen LogP contribution in [0.25, 0.3) is 0 Å². The maximum absolute atomic E-state index is 12.3. The molecule has 1 rings (SSSR count). The predicted octanol–water partition coefficient (Wildman–Crippen LogP) is 5.79. The van der Waals surface area contributed by atoms with Gasteiger partial charge in [-0.1, -0.05) is 59.4 Å². The van der Waals surface area contributed by atoms with Crippen molar-refractivity contribution < 1.29 is 48.0 Å². The highest BCUT2D eigenvalue weighted by molar-refractivity contribution is 5.79. The predicted molar refractivity (Wildman–Crippen MR) is 147 cm³/mol. The summed E-state index contributed by atoms with van der Waals surface area (Å²) in [6, 6.07) is 4.21. The molecule has 0 bridgehead atoms. The molecule has 1 aromatic rings. The summed E-state index contributed by atoms with van der Waals surface area (Å²) in [5.74, 6) is -1.91. The van der Waals surface area contributed by atoms with E-state index in [1.165, 1.54) is 18.2 Å². The standard InChI is InChI=1S/C29H45NO10/c1-6-8-10-14-36-27(34)39-23-13-12-22(17-24(23)40-28(35)37-15-11-9-7-2)19-29(30,26(32)33)18-21(5)38-25(31)16-20(3)4/h12-13,17,20-21H,6-11,14-16,18-19,30H2,1-5H3,(H,32,33)/t21-,29?/m0/s1. The number of benzene rings is 1. The third-order valence-corrected chi connectivity index (χ3v) is 5.84. The average molecular weight is 568 g/mol. The molecule has 0 fully saturated rings. The van der Waals surface area contributed by atoms with E-state index in [0.717, 1.165) is 25.7 Å². The molecule has 11 heteroatoms. The minimum Gasteiger partial charge on any atom is -0.480 e. The number of aliphatic carboxylic acids is 1. The molecule has 0 aliphatic carbocycles. The summed E-state index contributed by atoms with van der Waals surface area (Å²) in [5.41, 5.74) is 4.83. The molecule has 3 N–H and O–H groups in total. The Morgan fingerprint density at radius 1 is 0.875 bits per heavy atom. The zero-order chi connectivity index (χ0) is 30.1. The summed E-state index contributed by atoms with van der Waals surface area (Å²) in [6.45, 7) is 9.68. The first-order chi connectivity index (χ1) is 18.9. The van der Waals surface area contributed by atoms with Crippen LogP contribution < -0.4 is 15.2 Å². The Bertz CT molecular complexity index is 964. The summed E-state index contributed by atoms with van der Waals surface area (Å²) in [5, 5.41) is 9.92. The zero-order valence-electron chi connectivity index (χ0n) is 24.4. The zero-order valence-corrected chi connectivity index (χ0v) is 24.4. The lowest BCUT2D eigenvalue weighted by Crippen LogP contribution is -2.52. The van der Waals surface area contributed by atoms with Crippen LogP contribution in [-0.4, -0.2) is 54.2 Å². The fourth-order valence-electron chi connectivity index (χ4n) is 3.84. The van der Waals surface area contributed by atoms with Crippen LogP contribution in [-0.2, 0) is 30.2 Å². The normalized spacial score (nSPS) is 13.2. The number of carbonyl (C=O) groups excluding carboxylic acids is 3. The van der Waals surface area contributed by atoms with E-state index in [2.05, 4.69) is 0 Å². The number of esters is 1. The Morgan fingerprint density at radius 3 is 1.93 bits per heavy atom. The van der Waals surface area contributed by atoms with Crippen LogP contribution in [0.3, 0.4) is 0 Å². The molecule has 2 atom stereocenters. The third kappa shape index (κ3) is 13.6. The highest BCUT2D eigenvalue weighted by Crippen LogP contribution is 2.31. The van der Waals surface area contributed by atoms with Crippen molar-refractivity contribution in [2.45, 2.75) is 104 Å². The van der Waals surface area contributed by atoms with E-state index in [4.69, 9.17) is 29.4 Å². The second-order valence-corrected chi connectivity index (χ2v) is 10.3. The summed E-state index contributed by atoms with van der Waals surface area (Å²) in [4.78, 5) is 48.7. The van der Waals surface area contributed by atoms with E-state index in [9.17, 15) is 24.3 Å². The van der Waals surface area contributed by atoms with Gasteiger partial charge in [0.15, 0.2) is 11.5 Å². The van der Waals surface area contributed by atoms with Crippen molar-refractivity contribution in [1.29, 1.82) is 0 Å². The maximum atomic E-state index is 12.3. The molecule has 0 aliphatic rings. The van der Waals surface area contributed by atoms with E-state index in [1.54, 1.807) is 6.92 Å². The van der Waals surface area contributed by atoms with Crippen molar-refractivity contribution in [2.75, 3.05) is 13.2 Å². The summed E-state index contributed by atoms with van der Waals surface area (Å²) >= 11 is 0. The second-order valence-electron chi connectivity index (χ2n) is 10.3. The number of hydrogen-bond acceptors (Lipinski definition) is 10. The van der Waals surface area contributed by atoms with Crippen LogP contribution in [0.2, 0.25) is 0 Å². The number of nitrogens with two attached hydrogens (primary N) is 1. The molecule has 0 radical (unpaired) electrons. The number of carboxylic acid groups (broad SMARTS) is 1. The van der Waals surface area contributed by atoms with Gasteiger partial charge in [0, 0.05) is 19.3 Å². The Hall–Kier alpha value is -3.34. The number of ether oxygens (including phenoxy) is 5. The molecule has 0 spiro atoms. The van der Waals surface area contributed by atoms with Crippen LogP contribution in [0.5, 0.6) is 11.5 Å². The SMILES string of the molecule is CCCCCOC(=O)Oc1ccc(CC(N)(C[C@H](C)OC(=O)CC(C)C)C(=O)O)cc1OC(=O)OCCCCC. The van der Waals surface area contributed by atoms with E-state index in [0.29, 0.717) is 18.4 Å². The van der Waals surface area contributed by atoms with Crippen LogP contribution in [0.4, 0.5) is 9.59 Å². The van der Waals surface area contributed by atoms with Crippen molar-refractivity contribution >= 4 is 24.2 Å². The first-order valence-electron chi connectivity index (χ1n) is 13.9. The molecule has 0 saturated heterocycles. The van der Waals surface area contributed by atoms with Gasteiger partial charge in [-0.2, -0.15) is 0 Å². The minimum absolute atomic E-state index is 0.0907. The van der Waals surface area contributed by atoms with Gasteiger partial charge in [0.2, 0.25) is 0 Å². The first kappa shape index (κ1) is 34.7. The van der Waals surface area contributed by atoms with Gasteiger partial charge < -0.3 is 34.5 Å².